The molecule has 0 spiro atoms. The molecule has 1 fully saturated rings. The van der Waals surface area contributed by atoms with Crippen LogP contribution in [-0.4, -0.2) is 32.0 Å². The summed E-state index contributed by atoms with van der Waals surface area (Å²) < 4.78 is 18.1. The number of alkyl halides is 1. The van der Waals surface area contributed by atoms with E-state index in [1.54, 1.807) is 0 Å². The molecule has 0 aromatic carbocycles. The van der Waals surface area contributed by atoms with Gasteiger partial charge in [0.15, 0.2) is 0 Å². The second-order valence-corrected chi connectivity index (χ2v) is 2.70. The van der Waals surface area contributed by atoms with Crippen LogP contribution in [0.4, 0.5) is 4.39 Å². The van der Waals surface area contributed by atoms with Crippen molar-refractivity contribution in [2.24, 2.45) is 0 Å². The number of halogens is 2. The monoisotopic (exact) mass is 183 g/mol. The maximum absolute atomic E-state index is 13.1. The lowest BCUT2D eigenvalue weighted by Gasteiger charge is -2.34. The van der Waals surface area contributed by atoms with E-state index < -0.39 is 5.67 Å². The van der Waals surface area contributed by atoms with E-state index in [2.05, 4.69) is 5.32 Å². The molecule has 1 aliphatic heterocycles. The van der Waals surface area contributed by atoms with Crippen LogP contribution in [0.3, 0.4) is 0 Å². The van der Waals surface area contributed by atoms with Gasteiger partial charge in [0.2, 0.25) is 0 Å². The average molecular weight is 184 g/mol. The smallest absolute Gasteiger partial charge is 0.137 e. The minimum Gasteiger partial charge on any atom is -0.382 e. The maximum atomic E-state index is 13.1. The third kappa shape index (κ3) is 3.36. The van der Waals surface area contributed by atoms with Crippen molar-refractivity contribution >= 4 is 12.4 Å². The van der Waals surface area contributed by atoms with Crippen molar-refractivity contribution in [1.82, 2.24) is 5.32 Å². The van der Waals surface area contributed by atoms with Gasteiger partial charge in [-0.25, -0.2) is 4.39 Å². The van der Waals surface area contributed by atoms with Gasteiger partial charge in [-0.15, -0.1) is 12.4 Å². The second kappa shape index (κ2) is 4.91. The van der Waals surface area contributed by atoms with E-state index in [-0.39, 0.29) is 12.4 Å². The summed E-state index contributed by atoms with van der Waals surface area (Å²) in [7, 11) is 0. The van der Waals surface area contributed by atoms with Crippen LogP contribution < -0.4 is 5.32 Å². The molecule has 1 heterocycles. The van der Waals surface area contributed by atoms with Crippen molar-refractivity contribution < 1.29 is 9.13 Å². The van der Waals surface area contributed by atoms with Gasteiger partial charge in [0.25, 0.3) is 0 Å². The SMILES string of the molecule is CCOCCC1(F)CNC1.Cl. The fourth-order valence-electron chi connectivity index (χ4n) is 0.972. The summed E-state index contributed by atoms with van der Waals surface area (Å²) in [5, 5.41) is 2.90. The molecule has 0 atom stereocenters. The van der Waals surface area contributed by atoms with Crippen LogP contribution in [0.15, 0.2) is 0 Å². The largest absolute Gasteiger partial charge is 0.382 e. The first-order valence-electron chi connectivity index (χ1n) is 3.74. The van der Waals surface area contributed by atoms with Crippen molar-refractivity contribution in [3.8, 4) is 0 Å². The Morgan fingerprint density at radius 3 is 2.55 bits per heavy atom. The zero-order chi connectivity index (χ0) is 7.45. The van der Waals surface area contributed by atoms with Gasteiger partial charge in [0, 0.05) is 32.7 Å². The Morgan fingerprint density at radius 2 is 2.18 bits per heavy atom. The molecule has 1 N–H and O–H groups in total. The first kappa shape index (κ1) is 11.1. The number of rotatable bonds is 4. The summed E-state index contributed by atoms with van der Waals surface area (Å²) in [6.07, 6.45) is 0.536. The molecule has 0 aromatic rings. The molecule has 0 radical (unpaired) electrons. The van der Waals surface area contributed by atoms with E-state index >= 15 is 0 Å². The molecule has 1 saturated heterocycles. The second-order valence-electron chi connectivity index (χ2n) is 2.70. The Morgan fingerprint density at radius 1 is 1.55 bits per heavy atom. The van der Waals surface area contributed by atoms with Gasteiger partial charge in [-0.2, -0.15) is 0 Å². The highest BCUT2D eigenvalue weighted by atomic mass is 35.5. The number of nitrogens with one attached hydrogen (secondary N) is 1. The van der Waals surface area contributed by atoms with Crippen molar-refractivity contribution in [1.29, 1.82) is 0 Å². The molecular formula is C7H15ClFNO. The van der Waals surface area contributed by atoms with Crippen LogP contribution in [0, 0.1) is 0 Å². The van der Waals surface area contributed by atoms with Gasteiger partial charge >= 0.3 is 0 Å². The average Bonchev–Trinajstić information content (AvgIpc) is 1.85. The Balaban J connectivity index is 0.000001000. The fraction of sp³-hybridized carbons (Fsp3) is 1.00. The van der Waals surface area contributed by atoms with Crippen LogP contribution in [0.5, 0.6) is 0 Å². The Hall–Kier alpha value is 0.140. The van der Waals surface area contributed by atoms with Crippen molar-refractivity contribution in [3.05, 3.63) is 0 Å². The summed E-state index contributed by atoms with van der Waals surface area (Å²) in [5.41, 5.74) is -0.963. The van der Waals surface area contributed by atoms with E-state index in [0.717, 1.165) is 0 Å². The third-order valence-electron chi connectivity index (χ3n) is 1.78. The molecule has 0 bridgehead atoms. The van der Waals surface area contributed by atoms with E-state index in [9.17, 15) is 4.39 Å². The lowest BCUT2D eigenvalue weighted by atomic mass is 9.96. The van der Waals surface area contributed by atoms with Crippen molar-refractivity contribution in [2.75, 3.05) is 26.3 Å². The van der Waals surface area contributed by atoms with Crippen LogP contribution in [0.2, 0.25) is 0 Å². The van der Waals surface area contributed by atoms with Gasteiger partial charge < -0.3 is 10.1 Å². The summed E-state index contributed by atoms with van der Waals surface area (Å²) in [6, 6.07) is 0. The van der Waals surface area contributed by atoms with Crippen LogP contribution >= 0.6 is 12.4 Å². The Kier molecular flexibility index (Phi) is 4.97. The quantitative estimate of drug-likeness (QED) is 0.661. The van der Waals surface area contributed by atoms with Gasteiger partial charge in [0.05, 0.1) is 0 Å². The normalized spacial score (nSPS) is 20.2. The molecule has 0 amide bonds. The summed E-state index contributed by atoms with van der Waals surface area (Å²) in [6.45, 7) is 4.16. The van der Waals surface area contributed by atoms with Crippen LogP contribution in [0.1, 0.15) is 13.3 Å². The molecule has 68 valence electrons. The zero-order valence-electron chi connectivity index (χ0n) is 6.73. The molecule has 0 aromatic heterocycles. The topological polar surface area (TPSA) is 21.3 Å². The van der Waals surface area contributed by atoms with Gasteiger partial charge in [0.1, 0.15) is 5.67 Å². The lowest BCUT2D eigenvalue weighted by Crippen LogP contribution is -2.56. The van der Waals surface area contributed by atoms with Crippen molar-refractivity contribution in [3.63, 3.8) is 0 Å². The molecule has 0 unspecified atom stereocenters. The summed E-state index contributed by atoms with van der Waals surface area (Å²) in [5.74, 6) is 0. The predicted octanol–water partition coefficient (Wildman–Crippen LogP) is 1.15. The molecule has 2 nitrogen and oxygen atoms in total. The highest BCUT2D eigenvalue weighted by molar-refractivity contribution is 5.85. The molecule has 1 rings (SSSR count). The molecular weight excluding hydrogens is 169 g/mol. The zero-order valence-corrected chi connectivity index (χ0v) is 7.55. The lowest BCUT2D eigenvalue weighted by molar-refractivity contribution is 0.0364. The minimum absolute atomic E-state index is 0. The number of ether oxygens (including phenoxy) is 1. The van der Waals surface area contributed by atoms with Crippen LogP contribution in [0.25, 0.3) is 0 Å². The van der Waals surface area contributed by atoms with E-state index in [1.807, 2.05) is 6.92 Å². The van der Waals surface area contributed by atoms with Gasteiger partial charge in [-0.1, -0.05) is 0 Å². The van der Waals surface area contributed by atoms with Crippen LogP contribution in [-0.2, 0) is 4.74 Å². The first-order chi connectivity index (χ1) is 4.77. The maximum Gasteiger partial charge on any atom is 0.137 e. The predicted molar refractivity (Wildman–Crippen MR) is 45.1 cm³/mol. The standard InChI is InChI=1S/C7H14FNO.ClH/c1-2-10-4-3-7(8)5-9-6-7;/h9H,2-6H2,1H3;1H. The molecule has 0 aliphatic carbocycles. The van der Waals surface area contributed by atoms with E-state index in [0.29, 0.717) is 32.7 Å². The summed E-state index contributed by atoms with van der Waals surface area (Å²) in [4.78, 5) is 0. The molecule has 4 heteroatoms. The summed E-state index contributed by atoms with van der Waals surface area (Å²) >= 11 is 0. The molecule has 1 aliphatic rings. The Labute approximate surface area is 72.9 Å². The first-order valence-corrected chi connectivity index (χ1v) is 3.74. The minimum atomic E-state index is -0.963. The molecule has 11 heavy (non-hydrogen) atoms. The third-order valence-corrected chi connectivity index (χ3v) is 1.78. The molecule has 0 saturated carbocycles. The Bertz CT molecular complexity index is 109. The highest BCUT2D eigenvalue weighted by Crippen LogP contribution is 2.20. The number of hydrogen-bond donors (Lipinski definition) is 1. The number of hydrogen-bond acceptors (Lipinski definition) is 2. The van der Waals surface area contributed by atoms with Gasteiger partial charge in [-0.05, 0) is 6.92 Å². The van der Waals surface area contributed by atoms with Gasteiger partial charge in [-0.3, -0.25) is 0 Å². The highest BCUT2D eigenvalue weighted by Gasteiger charge is 2.36. The fourth-order valence-corrected chi connectivity index (χ4v) is 0.972. The van der Waals surface area contributed by atoms with E-state index in [1.165, 1.54) is 0 Å². The van der Waals surface area contributed by atoms with E-state index in [4.69, 9.17) is 4.74 Å². The van der Waals surface area contributed by atoms with Crippen molar-refractivity contribution in [2.45, 2.75) is 19.0 Å².